The van der Waals surface area contributed by atoms with E-state index in [-0.39, 0.29) is 17.4 Å². The van der Waals surface area contributed by atoms with E-state index in [9.17, 15) is 5.11 Å². The minimum Gasteiger partial charge on any atom is -0.409 e. The minimum absolute atomic E-state index is 0.109. The fourth-order valence-electron chi connectivity index (χ4n) is 2.26. The highest BCUT2D eigenvalue weighted by atomic mass is 16.4. The van der Waals surface area contributed by atoms with Gasteiger partial charge < -0.3 is 21.4 Å². The summed E-state index contributed by atoms with van der Waals surface area (Å²) in [6.45, 7) is 9.59. The first-order valence-electron chi connectivity index (χ1n) is 7.19. The normalized spacial score (nSPS) is 14.2. The first-order valence-corrected chi connectivity index (χ1v) is 7.19. The first kappa shape index (κ1) is 17.5. The molecule has 5 N–H and O–H groups in total. The quantitative estimate of drug-likeness (QED) is 0.279. The highest BCUT2D eigenvalue weighted by molar-refractivity contribution is 5.97. The van der Waals surface area contributed by atoms with E-state index in [0.29, 0.717) is 18.7 Å². The Kier molecular flexibility index (Phi) is 6.18. The monoisotopic (exact) mass is 293 g/mol. The van der Waals surface area contributed by atoms with Crippen LogP contribution in [0.15, 0.2) is 23.4 Å². The average molecular weight is 293 g/mol. The van der Waals surface area contributed by atoms with Crippen LogP contribution in [0, 0.1) is 12.3 Å². The number of amidine groups is 1. The number of hydrogen-bond donors (Lipinski definition) is 4. The van der Waals surface area contributed by atoms with Crippen LogP contribution in [0.4, 0.5) is 0 Å². The summed E-state index contributed by atoms with van der Waals surface area (Å²) in [6.07, 6.45) is 0.420. The number of aliphatic hydroxyl groups is 1. The fraction of sp³-hybridized carbons (Fsp3) is 0.562. The lowest BCUT2D eigenvalue weighted by molar-refractivity contribution is 0.119. The molecule has 0 spiro atoms. The van der Waals surface area contributed by atoms with Crippen LogP contribution in [0.2, 0.25) is 0 Å². The van der Waals surface area contributed by atoms with Crippen molar-refractivity contribution in [3.05, 3.63) is 34.9 Å². The predicted molar refractivity (Wildman–Crippen MR) is 85.5 cm³/mol. The van der Waals surface area contributed by atoms with Crippen molar-refractivity contribution in [2.45, 2.75) is 46.8 Å². The number of aryl methyl sites for hydroxylation is 1. The second-order valence-electron chi connectivity index (χ2n) is 6.68. The zero-order valence-electron chi connectivity index (χ0n) is 13.3. The van der Waals surface area contributed by atoms with Crippen LogP contribution in [-0.4, -0.2) is 28.8 Å². The molecule has 0 aliphatic rings. The van der Waals surface area contributed by atoms with Gasteiger partial charge in [-0.3, -0.25) is 0 Å². The Morgan fingerprint density at radius 2 is 2.05 bits per heavy atom. The van der Waals surface area contributed by atoms with E-state index >= 15 is 0 Å². The lowest BCUT2D eigenvalue weighted by atomic mass is 9.89. The maximum absolute atomic E-state index is 9.96. The van der Waals surface area contributed by atoms with Gasteiger partial charge in [0, 0.05) is 18.7 Å². The Morgan fingerprint density at radius 3 is 2.57 bits per heavy atom. The molecule has 118 valence electrons. The summed E-state index contributed by atoms with van der Waals surface area (Å²) in [6, 6.07) is 5.66. The molecule has 1 rings (SSSR count). The topological polar surface area (TPSA) is 90.9 Å². The van der Waals surface area contributed by atoms with Crippen LogP contribution in [-0.2, 0) is 6.54 Å². The number of hydrogen-bond acceptors (Lipinski definition) is 4. The Bertz CT molecular complexity index is 493. The van der Waals surface area contributed by atoms with Crippen LogP contribution in [0.25, 0.3) is 0 Å². The van der Waals surface area contributed by atoms with Crippen LogP contribution < -0.4 is 11.1 Å². The molecule has 0 radical (unpaired) electrons. The van der Waals surface area contributed by atoms with E-state index < -0.39 is 0 Å². The van der Waals surface area contributed by atoms with Crippen molar-refractivity contribution in [2.24, 2.45) is 16.3 Å². The van der Waals surface area contributed by atoms with Crippen LogP contribution >= 0.6 is 0 Å². The summed E-state index contributed by atoms with van der Waals surface area (Å²) in [5.74, 6) is 0.109. The molecule has 0 saturated carbocycles. The van der Waals surface area contributed by atoms with Gasteiger partial charge in [0.25, 0.3) is 0 Å². The molecule has 0 heterocycles. The number of aliphatic hydroxyl groups excluding tert-OH is 1. The number of oxime groups is 1. The molecule has 0 aliphatic heterocycles. The second-order valence-corrected chi connectivity index (χ2v) is 6.68. The lowest BCUT2D eigenvalue weighted by Crippen LogP contribution is -2.30. The summed E-state index contributed by atoms with van der Waals surface area (Å²) in [5, 5.41) is 24.9. The van der Waals surface area contributed by atoms with Gasteiger partial charge in [0.1, 0.15) is 0 Å². The summed E-state index contributed by atoms with van der Waals surface area (Å²) in [4.78, 5) is 0. The number of benzene rings is 1. The predicted octanol–water partition coefficient (Wildman–Crippen LogP) is 1.98. The number of nitrogens with two attached hydrogens (primary N) is 1. The highest BCUT2D eigenvalue weighted by Gasteiger charge is 2.16. The molecular formula is C16H27N3O2. The van der Waals surface area contributed by atoms with Gasteiger partial charge >= 0.3 is 0 Å². The molecule has 0 saturated heterocycles. The number of nitrogens with zero attached hydrogens (tertiary/aromatic N) is 1. The van der Waals surface area contributed by atoms with Gasteiger partial charge in [-0.2, -0.15) is 0 Å². The molecule has 0 amide bonds. The molecule has 0 fully saturated rings. The Morgan fingerprint density at radius 1 is 1.38 bits per heavy atom. The van der Waals surface area contributed by atoms with Gasteiger partial charge in [0.2, 0.25) is 0 Å². The highest BCUT2D eigenvalue weighted by Crippen LogP contribution is 2.20. The third-order valence-electron chi connectivity index (χ3n) is 3.29. The molecule has 5 heteroatoms. The molecule has 1 aromatic carbocycles. The average Bonchev–Trinajstić information content (AvgIpc) is 2.37. The molecule has 0 aromatic heterocycles. The Balaban J connectivity index is 2.53. The van der Waals surface area contributed by atoms with Gasteiger partial charge in [0.05, 0.1) is 6.10 Å². The summed E-state index contributed by atoms with van der Waals surface area (Å²) in [7, 11) is 0. The van der Waals surface area contributed by atoms with Gasteiger partial charge in [-0.05, 0) is 36.0 Å². The SMILES string of the molecule is Cc1cc(/C(N)=N/O)ccc1CNCC(O)CC(C)(C)C. The maximum Gasteiger partial charge on any atom is 0.170 e. The largest absolute Gasteiger partial charge is 0.409 e. The van der Waals surface area contributed by atoms with Crippen molar-refractivity contribution in [3.63, 3.8) is 0 Å². The van der Waals surface area contributed by atoms with Crippen molar-refractivity contribution in [1.29, 1.82) is 0 Å². The molecule has 0 bridgehead atoms. The van der Waals surface area contributed by atoms with Crippen LogP contribution in [0.3, 0.4) is 0 Å². The molecular weight excluding hydrogens is 266 g/mol. The molecule has 1 aromatic rings. The summed E-state index contributed by atoms with van der Waals surface area (Å²) < 4.78 is 0. The van der Waals surface area contributed by atoms with E-state index in [0.717, 1.165) is 17.5 Å². The van der Waals surface area contributed by atoms with Crippen LogP contribution in [0.1, 0.15) is 43.9 Å². The molecule has 5 nitrogen and oxygen atoms in total. The van der Waals surface area contributed by atoms with Crippen molar-refractivity contribution in [3.8, 4) is 0 Å². The molecule has 1 atom stereocenters. The zero-order chi connectivity index (χ0) is 16.0. The third-order valence-corrected chi connectivity index (χ3v) is 3.29. The van der Waals surface area contributed by atoms with E-state index in [4.69, 9.17) is 10.9 Å². The lowest BCUT2D eigenvalue weighted by Gasteiger charge is -2.22. The van der Waals surface area contributed by atoms with Gasteiger partial charge in [-0.1, -0.05) is 38.1 Å². The zero-order valence-corrected chi connectivity index (χ0v) is 13.3. The summed E-state index contributed by atoms with van der Waals surface area (Å²) in [5.41, 5.74) is 8.59. The molecule has 1 unspecified atom stereocenters. The fourth-order valence-corrected chi connectivity index (χ4v) is 2.26. The van der Waals surface area contributed by atoms with E-state index in [1.807, 2.05) is 25.1 Å². The Labute approximate surface area is 126 Å². The van der Waals surface area contributed by atoms with E-state index in [1.54, 1.807) is 0 Å². The van der Waals surface area contributed by atoms with Crippen molar-refractivity contribution < 1.29 is 10.3 Å². The smallest absolute Gasteiger partial charge is 0.170 e. The summed E-state index contributed by atoms with van der Waals surface area (Å²) >= 11 is 0. The van der Waals surface area contributed by atoms with Crippen LogP contribution in [0.5, 0.6) is 0 Å². The Hall–Kier alpha value is -1.59. The number of rotatable bonds is 6. The van der Waals surface area contributed by atoms with E-state index in [1.165, 1.54) is 0 Å². The van der Waals surface area contributed by atoms with Gasteiger partial charge in [-0.15, -0.1) is 0 Å². The maximum atomic E-state index is 9.96. The van der Waals surface area contributed by atoms with Crippen molar-refractivity contribution in [2.75, 3.05) is 6.54 Å². The van der Waals surface area contributed by atoms with Crippen molar-refractivity contribution in [1.82, 2.24) is 5.32 Å². The number of nitrogens with one attached hydrogen (secondary N) is 1. The molecule has 21 heavy (non-hydrogen) atoms. The molecule has 0 aliphatic carbocycles. The second kappa shape index (κ2) is 7.43. The van der Waals surface area contributed by atoms with E-state index in [2.05, 4.69) is 31.2 Å². The third kappa shape index (κ3) is 6.14. The van der Waals surface area contributed by atoms with Gasteiger partial charge in [-0.25, -0.2) is 0 Å². The minimum atomic E-state index is -0.346. The first-order chi connectivity index (χ1) is 9.73. The standard InChI is InChI=1S/C16H27N3O2/c1-11-7-12(15(17)19-21)5-6-13(11)9-18-10-14(20)8-16(2,3)4/h5-7,14,18,20-21H,8-10H2,1-4H3,(H2,17,19). The van der Waals surface area contributed by atoms with Crippen molar-refractivity contribution >= 4 is 5.84 Å². The van der Waals surface area contributed by atoms with Gasteiger partial charge in [0.15, 0.2) is 5.84 Å².